The first-order valence-corrected chi connectivity index (χ1v) is 7.27. The SMILES string of the molecule is Nc1nc(N)c2c(n1)O[C@]1(COCCN(C(=O)/C=C/C(=O)O)C1)C2. The van der Waals surface area contributed by atoms with Crippen molar-refractivity contribution in [1.82, 2.24) is 14.9 Å². The van der Waals surface area contributed by atoms with Crippen molar-refractivity contribution in [1.29, 1.82) is 0 Å². The molecule has 1 saturated heterocycles. The van der Waals surface area contributed by atoms with Gasteiger partial charge in [-0.3, -0.25) is 4.79 Å². The van der Waals surface area contributed by atoms with E-state index < -0.39 is 17.5 Å². The maximum atomic E-state index is 12.2. The molecule has 1 aromatic rings. The lowest BCUT2D eigenvalue weighted by atomic mass is 9.98. The standard InChI is InChI=1S/C14H17N5O5/c15-11-8-5-14(24-12(8)18-13(16)17-11)6-19(3-4-23-7-14)9(20)1-2-10(21)22/h1-2H,3-7H2,(H,21,22)(H4,15,16,17,18)/b2-1+/t14-/m1/s1. The fraction of sp³-hybridized carbons (Fsp3) is 0.429. The van der Waals surface area contributed by atoms with Gasteiger partial charge in [0.15, 0.2) is 5.60 Å². The van der Waals surface area contributed by atoms with Crippen molar-refractivity contribution >= 4 is 23.6 Å². The van der Waals surface area contributed by atoms with Crippen LogP contribution in [-0.4, -0.2) is 63.8 Å². The normalized spacial score (nSPS) is 23.1. The number of carbonyl (C=O) groups is 2. The molecule has 3 heterocycles. The average Bonchev–Trinajstić information content (AvgIpc) is 2.72. The number of rotatable bonds is 2. The van der Waals surface area contributed by atoms with Gasteiger partial charge in [-0.1, -0.05) is 0 Å². The zero-order valence-corrected chi connectivity index (χ0v) is 12.8. The summed E-state index contributed by atoms with van der Waals surface area (Å²) in [6.45, 7) is 1.10. The van der Waals surface area contributed by atoms with Crippen molar-refractivity contribution in [3.63, 3.8) is 0 Å². The van der Waals surface area contributed by atoms with Crippen molar-refractivity contribution in [2.75, 3.05) is 37.8 Å². The molecule has 3 rings (SSSR count). The molecule has 0 aliphatic carbocycles. The molecule has 1 aromatic heterocycles. The number of carboxylic acids is 1. The Morgan fingerprint density at radius 1 is 1.29 bits per heavy atom. The Morgan fingerprint density at radius 2 is 2.08 bits per heavy atom. The van der Waals surface area contributed by atoms with Crippen LogP contribution in [0.1, 0.15) is 5.56 Å². The summed E-state index contributed by atoms with van der Waals surface area (Å²) in [4.78, 5) is 32.2. The van der Waals surface area contributed by atoms with Gasteiger partial charge in [-0.15, -0.1) is 0 Å². The van der Waals surface area contributed by atoms with Gasteiger partial charge in [0.1, 0.15) is 5.82 Å². The average molecular weight is 335 g/mol. The lowest BCUT2D eigenvalue weighted by Gasteiger charge is -2.30. The van der Waals surface area contributed by atoms with E-state index in [0.29, 0.717) is 31.0 Å². The smallest absolute Gasteiger partial charge is 0.328 e. The van der Waals surface area contributed by atoms with Gasteiger partial charge in [0.25, 0.3) is 0 Å². The fourth-order valence-electron chi connectivity index (χ4n) is 2.82. The summed E-state index contributed by atoms with van der Waals surface area (Å²) in [5.41, 5.74) is 11.2. The molecule has 0 unspecified atom stereocenters. The van der Waals surface area contributed by atoms with E-state index in [2.05, 4.69) is 9.97 Å². The summed E-state index contributed by atoms with van der Waals surface area (Å²) in [6.07, 6.45) is 2.19. The Balaban J connectivity index is 1.82. The molecule has 0 aromatic carbocycles. The second-order valence-corrected chi connectivity index (χ2v) is 5.70. The quantitative estimate of drug-likeness (QED) is 0.566. The van der Waals surface area contributed by atoms with E-state index in [0.717, 1.165) is 12.2 Å². The van der Waals surface area contributed by atoms with Crippen molar-refractivity contribution in [3.05, 3.63) is 17.7 Å². The van der Waals surface area contributed by atoms with Gasteiger partial charge in [-0.05, 0) is 0 Å². The minimum atomic E-state index is -1.19. The number of nitrogen functional groups attached to an aromatic ring is 2. The van der Waals surface area contributed by atoms with Crippen molar-refractivity contribution < 1.29 is 24.2 Å². The molecule has 1 fully saturated rings. The van der Waals surface area contributed by atoms with Gasteiger partial charge in [-0.25, -0.2) is 4.79 Å². The van der Waals surface area contributed by atoms with Gasteiger partial charge >= 0.3 is 5.97 Å². The minimum Gasteiger partial charge on any atom is -0.478 e. The number of aliphatic carboxylic acids is 1. The molecule has 1 spiro atoms. The molecule has 0 saturated carbocycles. The highest BCUT2D eigenvalue weighted by Gasteiger charge is 2.45. The number of fused-ring (bicyclic) bond motifs is 1. The zero-order chi connectivity index (χ0) is 17.3. The number of nitrogens with two attached hydrogens (primary N) is 2. The Kier molecular flexibility index (Phi) is 3.97. The van der Waals surface area contributed by atoms with Gasteiger partial charge in [0.05, 0.1) is 25.3 Å². The third-order valence-electron chi connectivity index (χ3n) is 3.86. The van der Waals surface area contributed by atoms with Crippen molar-refractivity contribution in [2.24, 2.45) is 0 Å². The largest absolute Gasteiger partial charge is 0.478 e. The van der Waals surface area contributed by atoms with Crippen LogP contribution in [0.5, 0.6) is 5.88 Å². The molecule has 128 valence electrons. The number of carboxylic acid groups (broad SMARTS) is 1. The van der Waals surface area contributed by atoms with Crippen LogP contribution in [0, 0.1) is 0 Å². The number of anilines is 2. The molecule has 10 heteroatoms. The number of hydrogen-bond donors (Lipinski definition) is 3. The first kappa shape index (κ1) is 16.0. The Hall–Kier alpha value is -2.88. The van der Waals surface area contributed by atoms with Crippen LogP contribution >= 0.6 is 0 Å². The lowest BCUT2D eigenvalue weighted by molar-refractivity contribution is -0.132. The van der Waals surface area contributed by atoms with Crippen molar-refractivity contribution in [3.8, 4) is 5.88 Å². The zero-order valence-electron chi connectivity index (χ0n) is 12.8. The summed E-state index contributed by atoms with van der Waals surface area (Å²) in [5, 5.41) is 8.65. The summed E-state index contributed by atoms with van der Waals surface area (Å²) >= 11 is 0. The Labute approximate surface area is 137 Å². The van der Waals surface area contributed by atoms with Crippen molar-refractivity contribution in [2.45, 2.75) is 12.0 Å². The highest BCUT2D eigenvalue weighted by Crippen LogP contribution is 2.38. The van der Waals surface area contributed by atoms with Crippen LogP contribution in [0.25, 0.3) is 0 Å². The summed E-state index contributed by atoms with van der Waals surface area (Å²) in [5.74, 6) is -1.08. The van der Waals surface area contributed by atoms with E-state index in [1.807, 2.05) is 0 Å². The van der Waals surface area contributed by atoms with Gasteiger partial charge < -0.3 is 30.9 Å². The first-order valence-electron chi connectivity index (χ1n) is 7.27. The number of aromatic nitrogens is 2. The molecule has 10 nitrogen and oxygen atoms in total. The van der Waals surface area contributed by atoms with E-state index >= 15 is 0 Å². The molecule has 2 aliphatic heterocycles. The van der Waals surface area contributed by atoms with Gasteiger partial charge in [-0.2, -0.15) is 9.97 Å². The number of ether oxygens (including phenoxy) is 2. The van der Waals surface area contributed by atoms with Gasteiger partial charge in [0, 0.05) is 25.1 Å². The highest BCUT2D eigenvalue weighted by atomic mass is 16.6. The molecular formula is C14H17N5O5. The van der Waals surface area contributed by atoms with Crippen LogP contribution in [-0.2, 0) is 20.7 Å². The third kappa shape index (κ3) is 3.08. The minimum absolute atomic E-state index is 0.00941. The maximum Gasteiger partial charge on any atom is 0.328 e. The Bertz CT molecular complexity index is 722. The molecule has 24 heavy (non-hydrogen) atoms. The van der Waals surface area contributed by atoms with Crippen LogP contribution in [0.2, 0.25) is 0 Å². The second kappa shape index (κ2) is 5.96. The number of amides is 1. The van der Waals surface area contributed by atoms with Gasteiger partial charge in [0.2, 0.25) is 17.7 Å². The van der Waals surface area contributed by atoms with E-state index in [9.17, 15) is 9.59 Å². The van der Waals surface area contributed by atoms with Crippen LogP contribution in [0.4, 0.5) is 11.8 Å². The van der Waals surface area contributed by atoms with Crippen LogP contribution in [0.15, 0.2) is 12.2 Å². The molecule has 5 N–H and O–H groups in total. The summed E-state index contributed by atoms with van der Waals surface area (Å²) < 4.78 is 11.5. The molecule has 2 aliphatic rings. The lowest BCUT2D eigenvalue weighted by Crippen LogP contribution is -2.49. The molecule has 1 atom stereocenters. The molecule has 0 bridgehead atoms. The van der Waals surface area contributed by atoms with E-state index in [-0.39, 0.29) is 24.9 Å². The molecule has 1 amide bonds. The fourth-order valence-corrected chi connectivity index (χ4v) is 2.82. The second-order valence-electron chi connectivity index (χ2n) is 5.70. The first-order chi connectivity index (χ1) is 11.4. The van der Waals surface area contributed by atoms with E-state index in [4.69, 9.17) is 26.0 Å². The van der Waals surface area contributed by atoms with Crippen LogP contribution < -0.4 is 16.2 Å². The topological polar surface area (TPSA) is 154 Å². The monoisotopic (exact) mass is 335 g/mol. The molecule has 0 radical (unpaired) electrons. The Morgan fingerprint density at radius 3 is 2.83 bits per heavy atom. The van der Waals surface area contributed by atoms with Crippen LogP contribution in [0.3, 0.4) is 0 Å². The van der Waals surface area contributed by atoms with E-state index in [1.54, 1.807) is 0 Å². The number of hydrogen-bond acceptors (Lipinski definition) is 8. The molecular weight excluding hydrogens is 318 g/mol. The number of carbonyl (C=O) groups excluding carboxylic acids is 1. The number of nitrogens with zero attached hydrogens (tertiary/aromatic N) is 3. The predicted octanol–water partition coefficient (Wildman–Crippen LogP) is -1.19. The third-order valence-corrected chi connectivity index (χ3v) is 3.86. The summed E-state index contributed by atoms with van der Waals surface area (Å²) in [6, 6.07) is 0. The maximum absolute atomic E-state index is 12.2. The summed E-state index contributed by atoms with van der Waals surface area (Å²) in [7, 11) is 0. The van der Waals surface area contributed by atoms with E-state index in [1.165, 1.54) is 4.90 Å². The highest BCUT2D eigenvalue weighted by molar-refractivity contribution is 5.94. The predicted molar refractivity (Wildman–Crippen MR) is 82.1 cm³/mol.